The lowest BCUT2D eigenvalue weighted by Gasteiger charge is -2.35. The summed E-state index contributed by atoms with van der Waals surface area (Å²) in [5.41, 5.74) is 2.05. The predicted octanol–water partition coefficient (Wildman–Crippen LogP) is 2.82. The molecule has 2 amide bonds. The molecule has 2 aromatic carbocycles. The topological polar surface area (TPSA) is 95.9 Å². The minimum atomic E-state index is -1.00. The summed E-state index contributed by atoms with van der Waals surface area (Å²) in [4.78, 5) is 37.6. The molecular weight excluding hydrogens is 372 g/mol. The highest BCUT2D eigenvalue weighted by Gasteiger charge is 2.26. The first-order valence-corrected chi connectivity index (χ1v) is 9.48. The number of carboxylic acids is 1. The maximum atomic E-state index is 12.7. The molecule has 1 aliphatic rings. The average molecular weight is 396 g/mol. The van der Waals surface area contributed by atoms with Crippen LogP contribution >= 0.6 is 0 Å². The molecule has 29 heavy (non-hydrogen) atoms. The highest BCUT2D eigenvalue weighted by Crippen LogP contribution is 2.17. The Balaban J connectivity index is 1.57. The highest BCUT2D eigenvalue weighted by molar-refractivity contribution is 5.96. The predicted molar refractivity (Wildman–Crippen MR) is 108 cm³/mol. The van der Waals surface area contributed by atoms with Gasteiger partial charge in [0.1, 0.15) is 0 Å². The Morgan fingerprint density at radius 2 is 1.52 bits per heavy atom. The number of nitrogens with one attached hydrogen (secondary N) is 1. The summed E-state index contributed by atoms with van der Waals surface area (Å²) < 4.78 is 5.66. The third kappa shape index (κ3) is 5.42. The molecule has 0 bridgehead atoms. The second-order valence-corrected chi connectivity index (χ2v) is 7.27. The fourth-order valence-electron chi connectivity index (χ4n) is 3.38. The van der Waals surface area contributed by atoms with Crippen LogP contribution in [0.2, 0.25) is 0 Å². The van der Waals surface area contributed by atoms with Crippen molar-refractivity contribution < 1.29 is 24.2 Å². The third-order valence-electron chi connectivity index (χ3n) is 4.69. The molecule has 2 N–H and O–H groups in total. The molecule has 1 saturated heterocycles. The Morgan fingerprint density at radius 3 is 2.07 bits per heavy atom. The van der Waals surface area contributed by atoms with Gasteiger partial charge in [0.05, 0.1) is 24.2 Å². The van der Waals surface area contributed by atoms with Gasteiger partial charge in [-0.25, -0.2) is 4.79 Å². The molecule has 1 aliphatic heterocycles. The average Bonchev–Trinajstić information content (AvgIpc) is 2.67. The second kappa shape index (κ2) is 8.87. The molecule has 0 radical (unpaired) electrons. The van der Waals surface area contributed by atoms with E-state index in [1.165, 1.54) is 12.1 Å². The molecular formula is C22H24N2O5. The van der Waals surface area contributed by atoms with E-state index in [-0.39, 0.29) is 36.0 Å². The van der Waals surface area contributed by atoms with Crippen LogP contribution in [0.15, 0.2) is 48.5 Å². The molecule has 7 nitrogen and oxygen atoms in total. The van der Waals surface area contributed by atoms with Gasteiger partial charge in [-0.1, -0.05) is 12.1 Å². The normalized spacial score (nSPS) is 18.9. The van der Waals surface area contributed by atoms with E-state index >= 15 is 0 Å². The van der Waals surface area contributed by atoms with Crippen LogP contribution in [0.25, 0.3) is 0 Å². The zero-order valence-electron chi connectivity index (χ0n) is 16.4. The Hall–Kier alpha value is -3.19. The van der Waals surface area contributed by atoms with Crippen LogP contribution in [0.4, 0.5) is 5.69 Å². The zero-order chi connectivity index (χ0) is 21.0. The minimum Gasteiger partial charge on any atom is -0.478 e. The first-order valence-electron chi connectivity index (χ1n) is 9.48. The van der Waals surface area contributed by atoms with E-state index in [1.54, 1.807) is 41.3 Å². The van der Waals surface area contributed by atoms with Crippen LogP contribution < -0.4 is 5.32 Å². The van der Waals surface area contributed by atoms with Crippen molar-refractivity contribution >= 4 is 23.5 Å². The molecule has 2 aromatic rings. The van der Waals surface area contributed by atoms with Crippen LogP contribution in [0.1, 0.15) is 40.1 Å². The lowest BCUT2D eigenvalue weighted by molar-refractivity contribution is -0.115. The summed E-state index contributed by atoms with van der Waals surface area (Å²) >= 11 is 0. The van der Waals surface area contributed by atoms with Gasteiger partial charge in [-0.2, -0.15) is 0 Å². The van der Waals surface area contributed by atoms with Gasteiger partial charge in [-0.15, -0.1) is 0 Å². The standard InChI is InChI=1S/C22H24N2O5/c1-14-12-24(13-15(2)29-14)21(26)17-7-9-19(10-8-17)23-20(25)11-16-3-5-18(6-4-16)22(27)28/h3-10,14-15H,11-13H2,1-2H3,(H,23,25)(H,27,28). The van der Waals surface area contributed by atoms with Gasteiger partial charge < -0.3 is 20.1 Å². The van der Waals surface area contributed by atoms with E-state index in [2.05, 4.69) is 5.32 Å². The molecule has 152 valence electrons. The summed E-state index contributed by atoms with van der Waals surface area (Å²) in [5, 5.41) is 11.7. The summed E-state index contributed by atoms with van der Waals surface area (Å²) in [6.07, 6.45) is 0.140. The molecule has 0 spiro atoms. The number of hydrogen-bond acceptors (Lipinski definition) is 4. The Labute approximate surface area is 169 Å². The quantitative estimate of drug-likeness (QED) is 0.810. The van der Waals surface area contributed by atoms with Crippen LogP contribution in [0.3, 0.4) is 0 Å². The van der Waals surface area contributed by atoms with Crippen molar-refractivity contribution in [2.45, 2.75) is 32.5 Å². The van der Waals surface area contributed by atoms with Gasteiger partial charge in [0.2, 0.25) is 5.91 Å². The number of ether oxygens (including phenoxy) is 1. The van der Waals surface area contributed by atoms with Crippen molar-refractivity contribution in [3.8, 4) is 0 Å². The van der Waals surface area contributed by atoms with Gasteiger partial charge in [0.15, 0.2) is 0 Å². The lowest BCUT2D eigenvalue weighted by Crippen LogP contribution is -2.48. The van der Waals surface area contributed by atoms with E-state index in [0.717, 1.165) is 5.56 Å². The smallest absolute Gasteiger partial charge is 0.335 e. The number of hydrogen-bond donors (Lipinski definition) is 2. The van der Waals surface area contributed by atoms with Gasteiger partial charge in [-0.05, 0) is 55.8 Å². The SMILES string of the molecule is CC1CN(C(=O)c2ccc(NC(=O)Cc3ccc(C(=O)O)cc3)cc2)CC(C)O1. The molecule has 2 atom stereocenters. The highest BCUT2D eigenvalue weighted by atomic mass is 16.5. The Morgan fingerprint density at radius 1 is 0.966 bits per heavy atom. The van der Waals surface area contributed by atoms with Crippen LogP contribution in [0.5, 0.6) is 0 Å². The monoisotopic (exact) mass is 396 g/mol. The van der Waals surface area contributed by atoms with Gasteiger partial charge in [0.25, 0.3) is 5.91 Å². The van der Waals surface area contributed by atoms with Crippen molar-refractivity contribution in [2.24, 2.45) is 0 Å². The fraction of sp³-hybridized carbons (Fsp3) is 0.318. The largest absolute Gasteiger partial charge is 0.478 e. The minimum absolute atomic E-state index is 0.00539. The number of rotatable bonds is 5. The zero-order valence-corrected chi connectivity index (χ0v) is 16.4. The lowest BCUT2D eigenvalue weighted by atomic mass is 10.1. The van der Waals surface area contributed by atoms with Crippen LogP contribution in [-0.2, 0) is 16.0 Å². The van der Waals surface area contributed by atoms with Crippen molar-refractivity contribution in [1.29, 1.82) is 0 Å². The van der Waals surface area contributed by atoms with Crippen molar-refractivity contribution in [1.82, 2.24) is 4.90 Å². The van der Waals surface area contributed by atoms with Crippen LogP contribution in [-0.4, -0.2) is 53.1 Å². The molecule has 0 aromatic heterocycles. The first kappa shape index (κ1) is 20.5. The summed E-state index contributed by atoms with van der Waals surface area (Å²) in [5.74, 6) is -1.27. The molecule has 1 heterocycles. The number of morpholine rings is 1. The molecule has 0 saturated carbocycles. The summed E-state index contributed by atoms with van der Waals surface area (Å²) in [7, 11) is 0. The number of benzene rings is 2. The van der Waals surface area contributed by atoms with Gasteiger partial charge in [0, 0.05) is 24.3 Å². The number of amides is 2. The van der Waals surface area contributed by atoms with Crippen molar-refractivity contribution in [3.63, 3.8) is 0 Å². The maximum Gasteiger partial charge on any atom is 0.335 e. The number of anilines is 1. The van der Waals surface area contributed by atoms with E-state index < -0.39 is 5.97 Å². The van der Waals surface area contributed by atoms with Crippen molar-refractivity contribution in [2.75, 3.05) is 18.4 Å². The van der Waals surface area contributed by atoms with E-state index in [4.69, 9.17) is 9.84 Å². The second-order valence-electron chi connectivity index (χ2n) is 7.27. The first-order chi connectivity index (χ1) is 13.8. The molecule has 2 unspecified atom stereocenters. The molecule has 0 aliphatic carbocycles. The van der Waals surface area contributed by atoms with E-state index in [0.29, 0.717) is 24.3 Å². The van der Waals surface area contributed by atoms with Gasteiger partial charge in [-0.3, -0.25) is 9.59 Å². The molecule has 7 heteroatoms. The fourth-order valence-corrected chi connectivity index (χ4v) is 3.38. The molecule has 1 fully saturated rings. The number of nitrogens with zero attached hydrogens (tertiary/aromatic N) is 1. The van der Waals surface area contributed by atoms with Crippen molar-refractivity contribution in [3.05, 3.63) is 65.2 Å². The molecule has 3 rings (SSSR count). The van der Waals surface area contributed by atoms with Gasteiger partial charge >= 0.3 is 5.97 Å². The van der Waals surface area contributed by atoms with E-state index in [9.17, 15) is 14.4 Å². The maximum absolute atomic E-state index is 12.7. The van der Waals surface area contributed by atoms with Crippen LogP contribution in [0, 0.1) is 0 Å². The Bertz CT molecular complexity index is 882. The van der Waals surface area contributed by atoms with E-state index in [1.807, 2.05) is 13.8 Å². The number of carboxylic acid groups (broad SMARTS) is 1. The number of carbonyl (C=O) groups excluding carboxylic acids is 2. The summed E-state index contributed by atoms with van der Waals surface area (Å²) in [6.45, 7) is 5.01. The third-order valence-corrected chi connectivity index (χ3v) is 4.69. The number of aromatic carboxylic acids is 1. The summed E-state index contributed by atoms with van der Waals surface area (Å²) in [6, 6.07) is 13.0. The number of carbonyl (C=O) groups is 3. The Kier molecular flexibility index (Phi) is 6.29.